The summed E-state index contributed by atoms with van der Waals surface area (Å²) in [5, 5.41) is 2.57. The highest BCUT2D eigenvalue weighted by Gasteiger charge is 2.35. The van der Waals surface area contributed by atoms with Crippen LogP contribution in [0.3, 0.4) is 0 Å². The number of nitrogens with one attached hydrogen (secondary N) is 1. The second kappa shape index (κ2) is 7.83. The number of rotatable bonds is 5. The standard InChI is InChI=1S/C18H16F3NO3/c1-2-12-7-3-6-10-15(12)22-16(23)11-25-17(24)13-8-4-5-9-14(13)18(19,20)21/h3-10H,2,11H2,1H3,(H,22,23). The number of carbonyl (C=O) groups is 2. The van der Waals surface area contributed by atoms with Gasteiger partial charge >= 0.3 is 12.1 Å². The Bertz CT molecular complexity index is 772. The summed E-state index contributed by atoms with van der Waals surface area (Å²) >= 11 is 0. The van der Waals surface area contributed by atoms with Crippen molar-refractivity contribution in [1.82, 2.24) is 0 Å². The molecule has 7 heteroatoms. The molecule has 1 amide bonds. The fraction of sp³-hybridized carbons (Fsp3) is 0.222. The summed E-state index contributed by atoms with van der Waals surface area (Å²) in [5.74, 6) is -1.83. The van der Waals surface area contributed by atoms with Gasteiger partial charge in [-0.1, -0.05) is 37.3 Å². The molecule has 0 bridgehead atoms. The average Bonchev–Trinajstić information content (AvgIpc) is 2.59. The number of alkyl halides is 3. The molecule has 2 rings (SSSR count). The van der Waals surface area contributed by atoms with Crippen molar-refractivity contribution in [3.63, 3.8) is 0 Å². The fourth-order valence-corrected chi connectivity index (χ4v) is 2.25. The van der Waals surface area contributed by atoms with E-state index in [0.717, 1.165) is 17.7 Å². The van der Waals surface area contributed by atoms with E-state index in [9.17, 15) is 22.8 Å². The molecule has 1 N–H and O–H groups in total. The largest absolute Gasteiger partial charge is 0.452 e. The van der Waals surface area contributed by atoms with Gasteiger partial charge in [0.15, 0.2) is 6.61 Å². The minimum atomic E-state index is -4.68. The number of ether oxygens (including phenoxy) is 1. The average molecular weight is 351 g/mol. The van der Waals surface area contributed by atoms with Crippen molar-refractivity contribution < 1.29 is 27.5 Å². The van der Waals surface area contributed by atoms with E-state index in [2.05, 4.69) is 5.32 Å². The van der Waals surface area contributed by atoms with Gasteiger partial charge < -0.3 is 10.1 Å². The van der Waals surface area contributed by atoms with Crippen LogP contribution in [0.4, 0.5) is 18.9 Å². The van der Waals surface area contributed by atoms with Crippen LogP contribution in [-0.2, 0) is 22.1 Å². The molecule has 0 aliphatic rings. The van der Waals surface area contributed by atoms with Gasteiger partial charge in [0.2, 0.25) is 0 Å². The van der Waals surface area contributed by atoms with E-state index in [0.29, 0.717) is 12.1 Å². The SMILES string of the molecule is CCc1ccccc1NC(=O)COC(=O)c1ccccc1C(F)(F)F. The van der Waals surface area contributed by atoms with Crippen LogP contribution in [0.2, 0.25) is 0 Å². The van der Waals surface area contributed by atoms with Crippen molar-refractivity contribution in [2.75, 3.05) is 11.9 Å². The number of aryl methyl sites for hydroxylation is 1. The molecule has 0 aliphatic carbocycles. The molecule has 2 aromatic carbocycles. The minimum absolute atomic E-state index is 0.571. The van der Waals surface area contributed by atoms with E-state index >= 15 is 0 Å². The van der Waals surface area contributed by atoms with E-state index in [1.807, 2.05) is 19.1 Å². The summed E-state index contributed by atoms with van der Waals surface area (Å²) < 4.78 is 43.4. The van der Waals surface area contributed by atoms with E-state index in [1.165, 1.54) is 12.1 Å². The normalized spacial score (nSPS) is 11.0. The number of amides is 1. The third-order valence-electron chi connectivity index (χ3n) is 3.46. The molecule has 0 spiro atoms. The highest BCUT2D eigenvalue weighted by Crippen LogP contribution is 2.32. The molecule has 0 atom stereocenters. The number of anilines is 1. The third-order valence-corrected chi connectivity index (χ3v) is 3.46. The number of esters is 1. The van der Waals surface area contributed by atoms with Crippen LogP contribution in [0.5, 0.6) is 0 Å². The number of hydrogen-bond donors (Lipinski definition) is 1. The Morgan fingerprint density at radius 2 is 1.68 bits per heavy atom. The van der Waals surface area contributed by atoms with Crippen molar-refractivity contribution in [1.29, 1.82) is 0 Å². The zero-order valence-electron chi connectivity index (χ0n) is 13.4. The predicted octanol–water partition coefficient (Wildman–Crippen LogP) is 4.06. The van der Waals surface area contributed by atoms with Crippen LogP contribution >= 0.6 is 0 Å². The zero-order valence-corrected chi connectivity index (χ0v) is 13.4. The van der Waals surface area contributed by atoms with E-state index in [1.54, 1.807) is 12.1 Å². The summed E-state index contributed by atoms with van der Waals surface area (Å²) in [6, 6.07) is 11.3. The molecule has 132 valence electrons. The quantitative estimate of drug-likeness (QED) is 0.827. The zero-order chi connectivity index (χ0) is 18.4. The van der Waals surface area contributed by atoms with Crippen molar-refractivity contribution >= 4 is 17.6 Å². The van der Waals surface area contributed by atoms with Crippen molar-refractivity contribution in [2.45, 2.75) is 19.5 Å². The first-order valence-electron chi connectivity index (χ1n) is 7.54. The van der Waals surface area contributed by atoms with Gasteiger partial charge in [0.25, 0.3) is 5.91 Å². The maximum absolute atomic E-state index is 12.9. The lowest BCUT2D eigenvalue weighted by atomic mass is 10.1. The van der Waals surface area contributed by atoms with Crippen molar-refractivity contribution in [2.24, 2.45) is 0 Å². The van der Waals surface area contributed by atoms with E-state index in [-0.39, 0.29) is 0 Å². The third kappa shape index (κ3) is 4.82. The van der Waals surface area contributed by atoms with Crippen molar-refractivity contribution in [3.8, 4) is 0 Å². The first-order chi connectivity index (χ1) is 11.8. The van der Waals surface area contributed by atoms with Gasteiger partial charge in [-0.2, -0.15) is 13.2 Å². The second-order valence-corrected chi connectivity index (χ2v) is 5.18. The molecule has 25 heavy (non-hydrogen) atoms. The number of para-hydroxylation sites is 1. The predicted molar refractivity (Wildman–Crippen MR) is 86.2 cm³/mol. The van der Waals surface area contributed by atoms with Crippen LogP contribution in [0.1, 0.15) is 28.4 Å². The van der Waals surface area contributed by atoms with E-state index in [4.69, 9.17) is 4.74 Å². The maximum Gasteiger partial charge on any atom is 0.417 e. The lowest BCUT2D eigenvalue weighted by molar-refractivity contribution is -0.138. The Balaban J connectivity index is 2.02. The number of halogens is 3. The molecule has 0 aliphatic heterocycles. The van der Waals surface area contributed by atoms with Gasteiger partial charge in [-0.3, -0.25) is 4.79 Å². The smallest absolute Gasteiger partial charge is 0.417 e. The molecule has 0 aromatic heterocycles. The Labute approximate surface area is 142 Å². The van der Waals surface area contributed by atoms with Crippen LogP contribution in [0, 0.1) is 0 Å². The van der Waals surface area contributed by atoms with Gasteiger partial charge in [-0.25, -0.2) is 4.79 Å². The maximum atomic E-state index is 12.9. The van der Waals surface area contributed by atoms with Gasteiger partial charge in [0, 0.05) is 5.69 Å². The molecule has 0 fully saturated rings. The summed E-state index contributed by atoms with van der Waals surface area (Å²) in [6.07, 6.45) is -3.99. The van der Waals surface area contributed by atoms with Crippen molar-refractivity contribution in [3.05, 3.63) is 65.2 Å². The van der Waals surface area contributed by atoms with Gasteiger partial charge in [-0.05, 0) is 30.2 Å². The second-order valence-electron chi connectivity index (χ2n) is 5.18. The number of hydrogen-bond acceptors (Lipinski definition) is 3. The lowest BCUT2D eigenvalue weighted by Gasteiger charge is -2.13. The summed E-state index contributed by atoms with van der Waals surface area (Å²) in [7, 11) is 0. The molecule has 0 radical (unpaired) electrons. The minimum Gasteiger partial charge on any atom is -0.452 e. The van der Waals surface area contributed by atoms with Gasteiger partial charge in [0.1, 0.15) is 0 Å². The van der Waals surface area contributed by atoms with Crippen LogP contribution in [-0.4, -0.2) is 18.5 Å². The number of benzene rings is 2. The molecule has 0 heterocycles. The molecule has 0 saturated heterocycles. The first-order valence-corrected chi connectivity index (χ1v) is 7.54. The van der Waals surface area contributed by atoms with Crippen LogP contribution in [0.25, 0.3) is 0 Å². The Kier molecular flexibility index (Phi) is 5.80. The monoisotopic (exact) mass is 351 g/mol. The van der Waals surface area contributed by atoms with Gasteiger partial charge in [0.05, 0.1) is 11.1 Å². The summed E-state index contributed by atoms with van der Waals surface area (Å²) in [4.78, 5) is 23.8. The molecule has 0 saturated carbocycles. The molecule has 0 unspecified atom stereocenters. The topological polar surface area (TPSA) is 55.4 Å². The highest BCUT2D eigenvalue weighted by molar-refractivity contribution is 5.96. The molecule has 4 nitrogen and oxygen atoms in total. The summed E-state index contributed by atoms with van der Waals surface area (Å²) in [6.45, 7) is 1.24. The summed E-state index contributed by atoms with van der Waals surface area (Å²) in [5.41, 5.74) is -0.264. The fourth-order valence-electron chi connectivity index (χ4n) is 2.25. The van der Waals surface area contributed by atoms with Crippen LogP contribution < -0.4 is 5.32 Å². The molecular weight excluding hydrogens is 335 g/mol. The molecular formula is C18H16F3NO3. The van der Waals surface area contributed by atoms with Crippen LogP contribution in [0.15, 0.2) is 48.5 Å². The first kappa shape index (κ1) is 18.5. The molecule has 2 aromatic rings. The Morgan fingerprint density at radius 3 is 2.36 bits per heavy atom. The van der Waals surface area contributed by atoms with E-state index < -0.39 is 35.8 Å². The lowest BCUT2D eigenvalue weighted by Crippen LogP contribution is -2.23. The Morgan fingerprint density at radius 1 is 1.04 bits per heavy atom. The van der Waals surface area contributed by atoms with Gasteiger partial charge in [-0.15, -0.1) is 0 Å². The number of carbonyl (C=O) groups excluding carboxylic acids is 2. The highest BCUT2D eigenvalue weighted by atomic mass is 19.4. The Hall–Kier alpha value is -2.83.